The van der Waals surface area contributed by atoms with Crippen LogP contribution >= 0.6 is 0 Å². The highest BCUT2D eigenvalue weighted by Crippen LogP contribution is 2.11. The lowest BCUT2D eigenvalue weighted by molar-refractivity contribution is 0.349. The Kier molecular flexibility index (Phi) is 3.94. The molecular weight excluding hydrogens is 220 g/mol. The first kappa shape index (κ1) is 12.8. The zero-order valence-electron chi connectivity index (χ0n) is 9.90. The van der Waals surface area contributed by atoms with Gasteiger partial charge in [-0.25, -0.2) is 4.79 Å². The summed E-state index contributed by atoms with van der Waals surface area (Å²) in [4.78, 5) is 23.6. The summed E-state index contributed by atoms with van der Waals surface area (Å²) in [6, 6.07) is 0. The van der Waals surface area contributed by atoms with E-state index in [4.69, 9.17) is 11.2 Å². The number of aromatic nitrogens is 2. The molecule has 0 unspecified atom stereocenters. The molecule has 5 heteroatoms. The maximum absolute atomic E-state index is 11.9. The van der Waals surface area contributed by atoms with Gasteiger partial charge in [0.2, 0.25) is 5.75 Å². The fraction of sp³-hybridized carbons (Fsp3) is 0.333. The van der Waals surface area contributed by atoms with E-state index in [1.165, 1.54) is 11.6 Å². The van der Waals surface area contributed by atoms with E-state index in [2.05, 4.69) is 12.5 Å². The second kappa shape index (κ2) is 5.21. The maximum Gasteiger partial charge on any atom is 0.330 e. The molecule has 0 fully saturated rings. The van der Waals surface area contributed by atoms with Gasteiger partial charge in [-0.1, -0.05) is 12.0 Å². The molecule has 5 nitrogen and oxygen atoms in total. The Hall–Kier alpha value is -2.22. The maximum atomic E-state index is 11.9. The number of terminal acetylenes is 1. The third-order valence-electron chi connectivity index (χ3n) is 2.38. The summed E-state index contributed by atoms with van der Waals surface area (Å²) in [5.74, 6) is 2.39. The van der Waals surface area contributed by atoms with Crippen molar-refractivity contribution in [2.45, 2.75) is 6.42 Å². The Labute approximate surface area is 99.0 Å². The van der Waals surface area contributed by atoms with Crippen molar-refractivity contribution in [1.82, 2.24) is 9.13 Å². The summed E-state index contributed by atoms with van der Waals surface area (Å²) in [5.41, 5.74) is -0.413. The molecule has 0 N–H and O–H groups in total. The van der Waals surface area contributed by atoms with Crippen LogP contribution in [0.15, 0.2) is 22.2 Å². The fourth-order valence-electron chi connectivity index (χ4n) is 1.48. The third kappa shape index (κ3) is 2.31. The molecule has 0 aromatic carbocycles. The predicted molar refractivity (Wildman–Crippen MR) is 65.2 cm³/mol. The molecule has 1 heterocycles. The molecule has 0 aliphatic heterocycles. The Bertz CT molecular complexity index is 587. The van der Waals surface area contributed by atoms with E-state index >= 15 is 0 Å². The summed E-state index contributed by atoms with van der Waals surface area (Å²) < 4.78 is 7.55. The van der Waals surface area contributed by atoms with Crippen molar-refractivity contribution in [1.29, 1.82) is 0 Å². The van der Waals surface area contributed by atoms with Crippen molar-refractivity contribution in [3.05, 3.63) is 39.2 Å². The van der Waals surface area contributed by atoms with Crippen LogP contribution in [0.5, 0.6) is 5.75 Å². The Balaban J connectivity index is 3.54. The molecule has 0 aliphatic carbocycles. The van der Waals surface area contributed by atoms with E-state index in [0.29, 0.717) is 12.1 Å². The van der Waals surface area contributed by atoms with Gasteiger partial charge in [0.15, 0.2) is 0 Å². The first-order valence-corrected chi connectivity index (χ1v) is 5.00. The zero-order valence-corrected chi connectivity index (χ0v) is 9.90. The second-order valence-corrected chi connectivity index (χ2v) is 3.47. The minimum absolute atomic E-state index is 0.0163. The Morgan fingerprint density at radius 1 is 1.41 bits per heavy atom. The van der Waals surface area contributed by atoms with Gasteiger partial charge in [0.25, 0.3) is 5.56 Å². The van der Waals surface area contributed by atoms with Crippen LogP contribution in [0.1, 0.15) is 5.69 Å². The smallest absolute Gasteiger partial charge is 0.330 e. The Morgan fingerprint density at radius 2 is 2.06 bits per heavy atom. The van der Waals surface area contributed by atoms with Crippen molar-refractivity contribution in [2.24, 2.45) is 14.1 Å². The van der Waals surface area contributed by atoms with Crippen molar-refractivity contribution >= 4 is 0 Å². The molecule has 0 saturated heterocycles. The van der Waals surface area contributed by atoms with Gasteiger partial charge in [0.05, 0.1) is 5.69 Å². The summed E-state index contributed by atoms with van der Waals surface area (Å²) in [7, 11) is 2.97. The summed E-state index contributed by atoms with van der Waals surface area (Å²) in [6.07, 6.45) is 7.04. The molecule has 0 bridgehead atoms. The third-order valence-corrected chi connectivity index (χ3v) is 2.38. The topological polar surface area (TPSA) is 53.2 Å². The SMILES string of the molecule is C#CCOc1c(CC=C)n(C)c(=O)n(C)c1=O. The molecular formula is C12H14N2O3. The van der Waals surface area contributed by atoms with Gasteiger partial charge in [-0.15, -0.1) is 13.0 Å². The van der Waals surface area contributed by atoms with Crippen molar-refractivity contribution in [3.63, 3.8) is 0 Å². The van der Waals surface area contributed by atoms with Gasteiger partial charge < -0.3 is 4.74 Å². The molecule has 0 saturated carbocycles. The van der Waals surface area contributed by atoms with E-state index in [1.807, 2.05) is 0 Å². The van der Waals surface area contributed by atoms with Crippen LogP contribution in [-0.4, -0.2) is 15.7 Å². The number of ether oxygens (including phenoxy) is 1. The van der Waals surface area contributed by atoms with Crippen molar-refractivity contribution in [3.8, 4) is 18.1 Å². The fourth-order valence-corrected chi connectivity index (χ4v) is 1.48. The van der Waals surface area contributed by atoms with E-state index in [9.17, 15) is 9.59 Å². The average Bonchev–Trinajstić information content (AvgIpc) is 2.33. The lowest BCUT2D eigenvalue weighted by atomic mass is 10.2. The summed E-state index contributed by atoms with van der Waals surface area (Å²) in [6.45, 7) is 3.56. The molecule has 0 spiro atoms. The largest absolute Gasteiger partial charge is 0.473 e. The van der Waals surface area contributed by atoms with E-state index in [1.54, 1.807) is 13.1 Å². The van der Waals surface area contributed by atoms with Crippen LogP contribution in [-0.2, 0) is 20.5 Å². The number of hydrogen-bond acceptors (Lipinski definition) is 3. The number of rotatable bonds is 4. The van der Waals surface area contributed by atoms with E-state index in [-0.39, 0.29) is 12.4 Å². The molecule has 1 aromatic heterocycles. The van der Waals surface area contributed by atoms with E-state index in [0.717, 1.165) is 4.57 Å². The van der Waals surface area contributed by atoms with Crippen LogP contribution in [0.2, 0.25) is 0 Å². The van der Waals surface area contributed by atoms with Gasteiger partial charge in [0, 0.05) is 20.5 Å². The molecule has 0 aliphatic rings. The number of hydrogen-bond donors (Lipinski definition) is 0. The van der Waals surface area contributed by atoms with Gasteiger partial charge in [0.1, 0.15) is 6.61 Å². The van der Waals surface area contributed by atoms with Crippen LogP contribution in [0.4, 0.5) is 0 Å². The first-order chi connectivity index (χ1) is 8.04. The lowest BCUT2D eigenvalue weighted by Gasteiger charge is -2.13. The van der Waals surface area contributed by atoms with Crippen molar-refractivity contribution in [2.75, 3.05) is 6.61 Å². The monoisotopic (exact) mass is 234 g/mol. The quantitative estimate of drug-likeness (QED) is 0.536. The molecule has 1 aromatic rings. The second-order valence-electron chi connectivity index (χ2n) is 3.47. The van der Waals surface area contributed by atoms with Crippen molar-refractivity contribution < 1.29 is 4.74 Å². The molecule has 0 amide bonds. The van der Waals surface area contributed by atoms with Crippen LogP contribution < -0.4 is 16.0 Å². The molecule has 1 rings (SSSR count). The molecule has 17 heavy (non-hydrogen) atoms. The van der Waals surface area contributed by atoms with Gasteiger partial charge in [-0.3, -0.25) is 13.9 Å². The van der Waals surface area contributed by atoms with Gasteiger partial charge in [-0.05, 0) is 0 Å². The highest BCUT2D eigenvalue weighted by atomic mass is 16.5. The lowest BCUT2D eigenvalue weighted by Crippen LogP contribution is -2.39. The highest BCUT2D eigenvalue weighted by molar-refractivity contribution is 5.27. The van der Waals surface area contributed by atoms with Crippen LogP contribution in [0.25, 0.3) is 0 Å². The number of allylic oxidation sites excluding steroid dienone is 1. The summed E-state index contributed by atoms with van der Waals surface area (Å²) >= 11 is 0. The first-order valence-electron chi connectivity index (χ1n) is 5.00. The minimum Gasteiger partial charge on any atom is -0.473 e. The Morgan fingerprint density at radius 3 is 2.59 bits per heavy atom. The van der Waals surface area contributed by atoms with Crippen LogP contribution in [0.3, 0.4) is 0 Å². The number of nitrogens with zero attached hydrogens (tertiary/aromatic N) is 2. The average molecular weight is 234 g/mol. The normalized spacial score (nSPS) is 9.71. The summed E-state index contributed by atoms with van der Waals surface area (Å²) in [5, 5.41) is 0. The molecule has 90 valence electrons. The highest BCUT2D eigenvalue weighted by Gasteiger charge is 2.15. The van der Waals surface area contributed by atoms with Gasteiger partial charge in [-0.2, -0.15) is 0 Å². The zero-order chi connectivity index (χ0) is 13.0. The predicted octanol–water partition coefficient (Wildman–Crippen LogP) is -0.176. The van der Waals surface area contributed by atoms with Crippen LogP contribution in [0, 0.1) is 12.3 Å². The molecule has 0 radical (unpaired) electrons. The standard InChI is InChI=1S/C12H14N2O3/c1-5-7-9-10(17-8-6-2)11(15)14(4)12(16)13(9)3/h2,5H,1,7-8H2,3-4H3. The molecule has 0 atom stereocenters. The minimum atomic E-state index is -0.486. The van der Waals surface area contributed by atoms with E-state index < -0.39 is 11.2 Å². The van der Waals surface area contributed by atoms with Gasteiger partial charge >= 0.3 is 5.69 Å².